The molecule has 0 radical (unpaired) electrons. The molecule has 4 nitrogen and oxygen atoms in total. The lowest BCUT2D eigenvalue weighted by molar-refractivity contribution is -0.119. The van der Waals surface area contributed by atoms with E-state index in [1.165, 1.54) is 17.7 Å². The minimum Gasteiger partial charge on any atom is -0.452 e. The molecule has 0 saturated heterocycles. The number of ether oxygens (including phenoxy) is 1. The third-order valence-corrected chi connectivity index (χ3v) is 3.28. The van der Waals surface area contributed by atoms with Crippen molar-refractivity contribution in [2.75, 3.05) is 11.9 Å². The summed E-state index contributed by atoms with van der Waals surface area (Å²) in [7, 11) is 0. The zero-order valence-electron chi connectivity index (χ0n) is 13.0. The number of esters is 1. The Kier molecular flexibility index (Phi) is 5.46. The van der Waals surface area contributed by atoms with Crippen LogP contribution in [0.2, 0.25) is 0 Å². The van der Waals surface area contributed by atoms with E-state index in [1.54, 1.807) is 12.1 Å². The molecule has 0 saturated carbocycles. The third kappa shape index (κ3) is 4.92. The minimum absolute atomic E-state index is 0.195. The first-order valence-corrected chi connectivity index (χ1v) is 7.28. The molecule has 0 bridgehead atoms. The van der Waals surface area contributed by atoms with Crippen molar-refractivity contribution in [3.8, 4) is 0 Å². The maximum atomic E-state index is 12.8. The van der Waals surface area contributed by atoms with Gasteiger partial charge in [0, 0.05) is 5.69 Å². The molecule has 23 heavy (non-hydrogen) atoms. The summed E-state index contributed by atoms with van der Waals surface area (Å²) in [6.45, 7) is 3.77. The van der Waals surface area contributed by atoms with E-state index in [0.717, 1.165) is 12.1 Å². The lowest BCUT2D eigenvalue weighted by atomic mass is 10.0. The van der Waals surface area contributed by atoms with Crippen molar-refractivity contribution in [1.82, 2.24) is 0 Å². The van der Waals surface area contributed by atoms with Gasteiger partial charge in [-0.1, -0.05) is 26.0 Å². The molecule has 2 rings (SSSR count). The number of anilines is 1. The van der Waals surface area contributed by atoms with Gasteiger partial charge in [0.1, 0.15) is 5.82 Å². The van der Waals surface area contributed by atoms with Gasteiger partial charge in [-0.05, 0) is 47.9 Å². The molecular weight excluding hydrogens is 297 g/mol. The Hall–Kier alpha value is -2.69. The molecule has 1 amide bonds. The molecule has 0 spiro atoms. The number of halogens is 1. The maximum Gasteiger partial charge on any atom is 0.338 e. The standard InChI is InChI=1S/C18H18FNO3/c1-12(2)13-5-9-16(10-6-13)20-17(21)11-23-18(22)14-3-7-15(19)8-4-14/h3-10,12H,11H2,1-2H3,(H,20,21). The van der Waals surface area contributed by atoms with Crippen LogP contribution in [0.5, 0.6) is 0 Å². The van der Waals surface area contributed by atoms with Gasteiger partial charge in [-0.25, -0.2) is 9.18 Å². The van der Waals surface area contributed by atoms with Gasteiger partial charge < -0.3 is 10.1 Å². The summed E-state index contributed by atoms with van der Waals surface area (Å²) >= 11 is 0. The van der Waals surface area contributed by atoms with Crippen molar-refractivity contribution in [3.05, 3.63) is 65.5 Å². The van der Waals surface area contributed by atoms with Crippen LogP contribution in [-0.4, -0.2) is 18.5 Å². The topological polar surface area (TPSA) is 55.4 Å². The number of carbonyl (C=O) groups is 2. The Balaban J connectivity index is 1.85. The summed E-state index contributed by atoms with van der Waals surface area (Å²) in [6.07, 6.45) is 0. The van der Waals surface area contributed by atoms with Gasteiger partial charge in [0.2, 0.25) is 0 Å². The summed E-state index contributed by atoms with van der Waals surface area (Å²) < 4.78 is 17.7. The molecule has 0 aliphatic carbocycles. The number of nitrogens with one attached hydrogen (secondary N) is 1. The van der Waals surface area contributed by atoms with Gasteiger partial charge in [0.05, 0.1) is 5.56 Å². The number of rotatable bonds is 5. The molecule has 0 aromatic heterocycles. The number of amides is 1. The lowest BCUT2D eigenvalue weighted by Gasteiger charge is -2.09. The van der Waals surface area contributed by atoms with Crippen molar-refractivity contribution in [3.63, 3.8) is 0 Å². The predicted molar refractivity (Wildman–Crippen MR) is 85.8 cm³/mol. The fraction of sp³-hybridized carbons (Fsp3) is 0.222. The van der Waals surface area contributed by atoms with Crippen LogP contribution in [0.25, 0.3) is 0 Å². The molecule has 2 aromatic carbocycles. The van der Waals surface area contributed by atoms with Gasteiger partial charge in [0.15, 0.2) is 6.61 Å². The quantitative estimate of drug-likeness (QED) is 0.855. The number of hydrogen-bond acceptors (Lipinski definition) is 3. The molecular formula is C18H18FNO3. The molecule has 120 valence electrons. The Bertz CT molecular complexity index is 678. The van der Waals surface area contributed by atoms with Crippen LogP contribution in [0.3, 0.4) is 0 Å². The number of benzene rings is 2. The van der Waals surface area contributed by atoms with Crippen molar-refractivity contribution >= 4 is 17.6 Å². The molecule has 0 atom stereocenters. The van der Waals surface area contributed by atoms with Crippen molar-refractivity contribution in [2.24, 2.45) is 0 Å². The minimum atomic E-state index is -0.671. The molecule has 2 aromatic rings. The zero-order chi connectivity index (χ0) is 16.8. The van der Waals surface area contributed by atoms with E-state index in [-0.39, 0.29) is 5.56 Å². The number of hydrogen-bond donors (Lipinski definition) is 1. The monoisotopic (exact) mass is 315 g/mol. The molecule has 0 heterocycles. The van der Waals surface area contributed by atoms with E-state index in [2.05, 4.69) is 19.2 Å². The van der Waals surface area contributed by atoms with Crippen molar-refractivity contribution in [1.29, 1.82) is 0 Å². The second-order valence-electron chi connectivity index (χ2n) is 5.41. The molecule has 0 fully saturated rings. The zero-order valence-corrected chi connectivity index (χ0v) is 13.0. The first-order valence-electron chi connectivity index (χ1n) is 7.28. The van der Waals surface area contributed by atoms with Crippen LogP contribution in [-0.2, 0) is 9.53 Å². The third-order valence-electron chi connectivity index (χ3n) is 3.28. The summed E-state index contributed by atoms with van der Waals surface area (Å²) in [5, 5.41) is 2.65. The molecule has 0 unspecified atom stereocenters. The molecule has 1 N–H and O–H groups in total. The lowest BCUT2D eigenvalue weighted by Crippen LogP contribution is -2.20. The van der Waals surface area contributed by atoms with Crippen molar-refractivity contribution in [2.45, 2.75) is 19.8 Å². The van der Waals surface area contributed by atoms with Gasteiger partial charge in [-0.2, -0.15) is 0 Å². The van der Waals surface area contributed by atoms with Crippen molar-refractivity contribution < 1.29 is 18.7 Å². The van der Waals surface area contributed by atoms with Crippen LogP contribution >= 0.6 is 0 Å². The summed E-state index contributed by atoms with van der Waals surface area (Å²) in [5.74, 6) is -1.13. The first-order chi connectivity index (χ1) is 11.0. The normalized spacial score (nSPS) is 10.4. The number of carbonyl (C=O) groups excluding carboxylic acids is 2. The first kappa shape index (κ1) is 16.7. The summed E-state index contributed by atoms with van der Waals surface area (Å²) in [4.78, 5) is 23.5. The van der Waals surface area contributed by atoms with Crippen LogP contribution in [0.4, 0.5) is 10.1 Å². The van der Waals surface area contributed by atoms with Gasteiger partial charge in [-0.3, -0.25) is 4.79 Å². The Morgan fingerprint density at radius 2 is 1.65 bits per heavy atom. The Labute approximate surface area is 134 Å². The van der Waals surface area contributed by atoms with Gasteiger partial charge in [0.25, 0.3) is 5.91 Å². The Morgan fingerprint density at radius 3 is 2.22 bits per heavy atom. The van der Waals surface area contributed by atoms with E-state index in [1.807, 2.05) is 12.1 Å². The highest BCUT2D eigenvalue weighted by Gasteiger charge is 2.10. The van der Waals surface area contributed by atoms with E-state index in [0.29, 0.717) is 11.6 Å². The van der Waals surface area contributed by atoms with Crippen LogP contribution in [0, 0.1) is 5.82 Å². The maximum absolute atomic E-state index is 12.8. The van der Waals surface area contributed by atoms with E-state index < -0.39 is 24.3 Å². The van der Waals surface area contributed by atoms with E-state index >= 15 is 0 Å². The summed E-state index contributed by atoms with van der Waals surface area (Å²) in [6, 6.07) is 12.4. The molecule has 5 heteroatoms. The average Bonchev–Trinajstić information content (AvgIpc) is 2.54. The van der Waals surface area contributed by atoms with Crippen LogP contribution in [0.1, 0.15) is 35.7 Å². The SMILES string of the molecule is CC(C)c1ccc(NC(=O)COC(=O)c2ccc(F)cc2)cc1. The predicted octanol–water partition coefficient (Wildman–Crippen LogP) is 3.74. The van der Waals surface area contributed by atoms with Crippen LogP contribution < -0.4 is 5.32 Å². The fourth-order valence-electron chi connectivity index (χ4n) is 1.95. The van der Waals surface area contributed by atoms with E-state index in [9.17, 15) is 14.0 Å². The fourth-order valence-corrected chi connectivity index (χ4v) is 1.95. The Morgan fingerprint density at radius 1 is 1.04 bits per heavy atom. The highest BCUT2D eigenvalue weighted by molar-refractivity contribution is 5.95. The van der Waals surface area contributed by atoms with E-state index in [4.69, 9.17) is 4.74 Å². The molecule has 0 aliphatic rings. The highest BCUT2D eigenvalue weighted by atomic mass is 19.1. The summed E-state index contributed by atoms with van der Waals surface area (Å²) in [5.41, 5.74) is 2.00. The smallest absolute Gasteiger partial charge is 0.338 e. The van der Waals surface area contributed by atoms with Gasteiger partial charge in [-0.15, -0.1) is 0 Å². The highest BCUT2D eigenvalue weighted by Crippen LogP contribution is 2.17. The largest absolute Gasteiger partial charge is 0.452 e. The average molecular weight is 315 g/mol. The molecule has 0 aliphatic heterocycles. The second kappa shape index (κ2) is 7.54. The van der Waals surface area contributed by atoms with Gasteiger partial charge >= 0.3 is 5.97 Å². The van der Waals surface area contributed by atoms with Crippen LogP contribution in [0.15, 0.2) is 48.5 Å². The second-order valence-corrected chi connectivity index (χ2v) is 5.41.